The molecule has 2 rings (SSSR count). The second-order valence-electron chi connectivity index (χ2n) is 3.33. The van der Waals surface area contributed by atoms with Gasteiger partial charge in [0.2, 0.25) is 0 Å². The molecule has 1 unspecified atom stereocenters. The Morgan fingerprint density at radius 3 is 2.93 bits per heavy atom. The van der Waals surface area contributed by atoms with Crippen molar-refractivity contribution in [3.8, 4) is 5.75 Å². The van der Waals surface area contributed by atoms with Crippen LogP contribution in [0.4, 0.5) is 0 Å². The molecule has 3 N–H and O–H groups in total. The fourth-order valence-electron chi connectivity index (χ4n) is 1.48. The quantitative estimate of drug-likeness (QED) is 0.827. The fourth-order valence-corrected chi connectivity index (χ4v) is 2.40. The zero-order valence-electron chi connectivity index (χ0n) is 7.46. The van der Waals surface area contributed by atoms with Crippen LogP contribution in [0, 0.1) is 0 Å². The van der Waals surface area contributed by atoms with Gasteiger partial charge in [0, 0.05) is 10.6 Å². The fraction of sp³-hybridized carbons (Fsp3) is 0.222. The summed E-state index contributed by atoms with van der Waals surface area (Å²) < 4.78 is 5.86. The number of carbonyl (C=O) groups is 1. The molecule has 4 nitrogen and oxygen atoms in total. The van der Waals surface area contributed by atoms with Gasteiger partial charge in [-0.05, 0) is 28.1 Å². The Morgan fingerprint density at radius 1 is 1.67 bits per heavy atom. The molecule has 0 bridgehead atoms. The largest absolute Gasteiger partial charge is 0.489 e. The van der Waals surface area contributed by atoms with Crippen LogP contribution in [-0.2, 0) is 10.3 Å². The highest BCUT2D eigenvalue weighted by atomic mass is 79.9. The summed E-state index contributed by atoms with van der Waals surface area (Å²) in [6.07, 6.45) is 0. The number of nitrogens with two attached hydrogens (primary N) is 1. The van der Waals surface area contributed by atoms with Crippen LogP contribution in [0.3, 0.4) is 0 Å². The second-order valence-corrected chi connectivity index (χ2v) is 4.62. The van der Waals surface area contributed by atoms with Gasteiger partial charge in [0.05, 0.1) is 4.47 Å². The number of carboxylic acid groups (broad SMARTS) is 1. The molecule has 80 valence electrons. The van der Waals surface area contributed by atoms with E-state index in [0.717, 1.165) is 0 Å². The Kier molecular flexibility index (Phi) is 2.41. The summed E-state index contributed by atoms with van der Waals surface area (Å²) in [5.74, 6) is -0.681. The van der Waals surface area contributed by atoms with Crippen LogP contribution >= 0.6 is 27.5 Å². The van der Waals surface area contributed by atoms with E-state index >= 15 is 0 Å². The Morgan fingerprint density at radius 2 is 2.33 bits per heavy atom. The van der Waals surface area contributed by atoms with Gasteiger partial charge in [-0.1, -0.05) is 11.6 Å². The lowest BCUT2D eigenvalue weighted by molar-refractivity contribution is -0.144. The van der Waals surface area contributed by atoms with E-state index in [1.165, 1.54) is 6.07 Å². The molecule has 0 saturated carbocycles. The number of aliphatic carboxylic acids is 1. The molecule has 1 heterocycles. The van der Waals surface area contributed by atoms with Gasteiger partial charge in [-0.15, -0.1) is 0 Å². The number of hydrogen-bond donors (Lipinski definition) is 2. The van der Waals surface area contributed by atoms with Crippen molar-refractivity contribution in [2.45, 2.75) is 5.54 Å². The molecule has 0 radical (unpaired) electrons. The first-order valence-electron chi connectivity index (χ1n) is 4.10. The van der Waals surface area contributed by atoms with Gasteiger partial charge in [0.15, 0.2) is 5.54 Å². The number of hydrogen-bond acceptors (Lipinski definition) is 3. The second kappa shape index (κ2) is 3.37. The molecule has 1 aliphatic rings. The lowest BCUT2D eigenvalue weighted by atomic mass is 9.94. The van der Waals surface area contributed by atoms with Crippen molar-refractivity contribution >= 4 is 33.5 Å². The maximum Gasteiger partial charge on any atom is 0.332 e. The molecule has 0 aliphatic carbocycles. The molecule has 1 aliphatic heterocycles. The average molecular weight is 293 g/mol. The summed E-state index contributed by atoms with van der Waals surface area (Å²) in [4.78, 5) is 11.0. The highest BCUT2D eigenvalue weighted by Gasteiger charge is 2.45. The Balaban J connectivity index is 2.65. The maximum absolute atomic E-state index is 11.0. The third-order valence-corrected chi connectivity index (χ3v) is 3.12. The van der Waals surface area contributed by atoms with E-state index in [-0.39, 0.29) is 6.61 Å². The van der Waals surface area contributed by atoms with E-state index in [1.807, 2.05) is 0 Å². The van der Waals surface area contributed by atoms with Crippen LogP contribution in [0.5, 0.6) is 5.75 Å². The van der Waals surface area contributed by atoms with E-state index < -0.39 is 11.5 Å². The van der Waals surface area contributed by atoms with E-state index in [0.29, 0.717) is 20.8 Å². The maximum atomic E-state index is 11.0. The van der Waals surface area contributed by atoms with E-state index in [4.69, 9.17) is 27.2 Å². The molecule has 6 heteroatoms. The van der Waals surface area contributed by atoms with Gasteiger partial charge >= 0.3 is 5.97 Å². The van der Waals surface area contributed by atoms with Crippen LogP contribution in [0.1, 0.15) is 5.56 Å². The van der Waals surface area contributed by atoms with Crippen molar-refractivity contribution < 1.29 is 14.6 Å². The van der Waals surface area contributed by atoms with Crippen LogP contribution in [0.15, 0.2) is 16.6 Å². The summed E-state index contributed by atoms with van der Waals surface area (Å²) in [5.41, 5.74) is 4.63. The number of carboxylic acids is 1. The standard InChI is InChI=1S/C9H7BrClNO3/c10-6-2-4(11)1-5-7(6)15-3-9(5,12)8(13)14/h1-2H,3,12H2,(H,13,14). The number of benzene rings is 1. The van der Waals surface area contributed by atoms with Gasteiger partial charge < -0.3 is 15.6 Å². The van der Waals surface area contributed by atoms with Crippen molar-refractivity contribution in [1.29, 1.82) is 0 Å². The minimum Gasteiger partial charge on any atom is -0.489 e. The third kappa shape index (κ3) is 1.51. The molecule has 0 saturated heterocycles. The van der Waals surface area contributed by atoms with Gasteiger partial charge in [-0.3, -0.25) is 0 Å². The SMILES string of the molecule is NC1(C(=O)O)COc2c(Br)cc(Cl)cc21. The first-order chi connectivity index (χ1) is 6.95. The molecule has 0 fully saturated rings. The zero-order chi connectivity index (χ0) is 11.2. The molecule has 1 aromatic rings. The predicted octanol–water partition coefficient (Wildman–Crippen LogP) is 1.73. The number of halogens is 2. The van der Waals surface area contributed by atoms with Crippen LogP contribution in [0.2, 0.25) is 5.02 Å². The Hall–Kier alpha value is -0.780. The minimum absolute atomic E-state index is 0.0867. The number of fused-ring (bicyclic) bond motifs is 1. The van der Waals surface area contributed by atoms with Crippen LogP contribution in [0.25, 0.3) is 0 Å². The first-order valence-corrected chi connectivity index (χ1v) is 5.27. The molecule has 0 spiro atoms. The molecule has 1 aromatic carbocycles. The number of ether oxygens (including phenoxy) is 1. The monoisotopic (exact) mass is 291 g/mol. The highest BCUT2D eigenvalue weighted by Crippen LogP contribution is 2.42. The van der Waals surface area contributed by atoms with Gasteiger partial charge in [0.1, 0.15) is 12.4 Å². The third-order valence-electron chi connectivity index (χ3n) is 2.31. The minimum atomic E-state index is -1.51. The normalized spacial score (nSPS) is 23.4. The van der Waals surface area contributed by atoms with Crippen LogP contribution in [-0.4, -0.2) is 17.7 Å². The topological polar surface area (TPSA) is 72.6 Å². The average Bonchev–Trinajstić information content (AvgIpc) is 2.46. The number of rotatable bonds is 1. The van der Waals surface area contributed by atoms with Crippen molar-refractivity contribution in [2.24, 2.45) is 5.73 Å². The lowest BCUT2D eigenvalue weighted by Crippen LogP contribution is -2.46. The molecular weight excluding hydrogens is 285 g/mol. The molecule has 15 heavy (non-hydrogen) atoms. The first kappa shape index (κ1) is 10.7. The van der Waals surface area contributed by atoms with Crippen molar-refractivity contribution in [1.82, 2.24) is 0 Å². The Labute approximate surface area is 99.1 Å². The predicted molar refractivity (Wildman–Crippen MR) is 58.1 cm³/mol. The van der Waals surface area contributed by atoms with E-state index in [2.05, 4.69) is 15.9 Å². The summed E-state index contributed by atoms with van der Waals surface area (Å²) in [5, 5.41) is 9.46. The Bertz CT molecular complexity index is 451. The van der Waals surface area contributed by atoms with E-state index in [9.17, 15) is 4.79 Å². The van der Waals surface area contributed by atoms with Crippen LogP contribution < -0.4 is 10.5 Å². The van der Waals surface area contributed by atoms with Crippen molar-refractivity contribution in [3.05, 3.63) is 27.2 Å². The lowest BCUT2D eigenvalue weighted by Gasteiger charge is -2.16. The van der Waals surface area contributed by atoms with Gasteiger partial charge in [0.25, 0.3) is 0 Å². The van der Waals surface area contributed by atoms with E-state index in [1.54, 1.807) is 6.07 Å². The van der Waals surface area contributed by atoms with Gasteiger partial charge in [-0.2, -0.15) is 0 Å². The summed E-state index contributed by atoms with van der Waals surface area (Å²) in [7, 11) is 0. The van der Waals surface area contributed by atoms with Crippen molar-refractivity contribution in [2.75, 3.05) is 6.61 Å². The smallest absolute Gasteiger partial charge is 0.332 e. The molecule has 0 aromatic heterocycles. The molecule has 0 amide bonds. The van der Waals surface area contributed by atoms with Crippen molar-refractivity contribution in [3.63, 3.8) is 0 Å². The molecule has 1 atom stereocenters. The summed E-state index contributed by atoms with van der Waals surface area (Å²) in [6.45, 7) is -0.0867. The highest BCUT2D eigenvalue weighted by molar-refractivity contribution is 9.10. The zero-order valence-corrected chi connectivity index (χ0v) is 9.80. The summed E-state index contributed by atoms with van der Waals surface area (Å²) >= 11 is 9.07. The molecular formula is C9H7BrClNO3. The van der Waals surface area contributed by atoms with Gasteiger partial charge in [-0.25, -0.2) is 4.79 Å². The summed E-state index contributed by atoms with van der Waals surface area (Å²) in [6, 6.07) is 3.15.